The summed E-state index contributed by atoms with van der Waals surface area (Å²) in [5.41, 5.74) is 3.65. The Morgan fingerprint density at radius 3 is 2.64 bits per heavy atom. The number of likely N-dealkylation sites (N-methyl/N-ethyl adjacent to an activating group) is 1. The van der Waals surface area contributed by atoms with Crippen LogP contribution in [0.15, 0.2) is 47.3 Å². The summed E-state index contributed by atoms with van der Waals surface area (Å²) in [4.78, 5) is 31.7. The number of nitrogens with zero attached hydrogens (tertiary/aromatic N) is 3. The Hall–Kier alpha value is -2.95. The maximum atomic E-state index is 12.7. The smallest absolute Gasteiger partial charge is 0.261 e. The van der Waals surface area contributed by atoms with Crippen LogP contribution in [0, 0.1) is 6.92 Å². The van der Waals surface area contributed by atoms with Crippen molar-refractivity contribution < 1.29 is 4.79 Å². The third kappa shape index (κ3) is 2.35. The molecule has 1 aromatic heterocycles. The first kappa shape index (κ1) is 15.6. The van der Waals surface area contributed by atoms with E-state index in [0.717, 1.165) is 16.8 Å². The average molecular weight is 333 g/mol. The molecule has 1 aliphatic rings. The maximum Gasteiger partial charge on any atom is 0.261 e. The molecule has 3 aromatic rings. The summed E-state index contributed by atoms with van der Waals surface area (Å²) < 4.78 is 1.56. The third-order valence-corrected chi connectivity index (χ3v) is 5.01. The van der Waals surface area contributed by atoms with E-state index in [1.807, 2.05) is 37.3 Å². The summed E-state index contributed by atoms with van der Waals surface area (Å²) in [6.07, 6.45) is 0.413. The molecular formula is C20H19N3O2. The second-order valence-electron chi connectivity index (χ2n) is 6.63. The number of hydrogen-bond acceptors (Lipinski definition) is 3. The minimum absolute atomic E-state index is 0.0445. The topological polar surface area (TPSA) is 55.2 Å². The van der Waals surface area contributed by atoms with Crippen LogP contribution < -0.4 is 10.5 Å². The molecule has 25 heavy (non-hydrogen) atoms. The van der Waals surface area contributed by atoms with E-state index in [0.29, 0.717) is 23.1 Å². The van der Waals surface area contributed by atoms with Gasteiger partial charge in [0.05, 0.1) is 16.8 Å². The largest absolute Gasteiger partial charge is 0.315 e. The molecule has 0 saturated heterocycles. The van der Waals surface area contributed by atoms with E-state index >= 15 is 0 Å². The van der Waals surface area contributed by atoms with Crippen LogP contribution in [-0.4, -0.2) is 22.5 Å². The monoisotopic (exact) mass is 333 g/mol. The highest BCUT2D eigenvalue weighted by Gasteiger charge is 2.36. The van der Waals surface area contributed by atoms with E-state index in [1.54, 1.807) is 29.6 Å². The zero-order chi connectivity index (χ0) is 17.7. The van der Waals surface area contributed by atoms with Crippen molar-refractivity contribution in [2.45, 2.75) is 19.3 Å². The number of benzene rings is 2. The van der Waals surface area contributed by atoms with Crippen molar-refractivity contribution in [2.75, 3.05) is 11.9 Å². The normalized spacial score (nSPS) is 16.5. The van der Waals surface area contributed by atoms with E-state index in [-0.39, 0.29) is 17.4 Å². The molecule has 4 rings (SSSR count). The van der Waals surface area contributed by atoms with E-state index < -0.39 is 0 Å². The predicted octanol–water partition coefficient (Wildman–Crippen LogP) is 2.54. The van der Waals surface area contributed by atoms with E-state index in [1.165, 1.54) is 0 Å². The quantitative estimate of drug-likeness (QED) is 0.724. The van der Waals surface area contributed by atoms with Gasteiger partial charge in [0.15, 0.2) is 0 Å². The van der Waals surface area contributed by atoms with Crippen LogP contribution >= 0.6 is 0 Å². The molecular weight excluding hydrogens is 314 g/mol. The number of para-hydroxylation sites is 1. The van der Waals surface area contributed by atoms with Crippen molar-refractivity contribution in [3.8, 4) is 0 Å². The van der Waals surface area contributed by atoms with Crippen LogP contribution in [0.2, 0.25) is 0 Å². The number of fused-ring (bicyclic) bond motifs is 2. The van der Waals surface area contributed by atoms with Crippen molar-refractivity contribution in [1.29, 1.82) is 0 Å². The van der Waals surface area contributed by atoms with Crippen molar-refractivity contribution in [3.63, 3.8) is 0 Å². The Labute approximate surface area is 145 Å². The fraction of sp³-hybridized carbons (Fsp3) is 0.250. The average Bonchev–Trinajstić information content (AvgIpc) is 2.84. The fourth-order valence-corrected chi connectivity index (χ4v) is 3.57. The van der Waals surface area contributed by atoms with E-state index in [4.69, 9.17) is 0 Å². The summed E-state index contributed by atoms with van der Waals surface area (Å²) in [5, 5.41) is 0.597. The first-order valence-corrected chi connectivity index (χ1v) is 8.30. The second kappa shape index (κ2) is 5.55. The molecule has 0 spiro atoms. The number of aryl methyl sites for hydroxylation is 1. The van der Waals surface area contributed by atoms with Gasteiger partial charge in [0.25, 0.3) is 5.56 Å². The molecule has 0 fully saturated rings. The van der Waals surface area contributed by atoms with Crippen molar-refractivity contribution in [2.24, 2.45) is 7.05 Å². The number of amides is 1. The standard InChI is InChI=1S/C20H19N3O2/c1-12-8-9-17-14(10-12)15(20(25)22(17)2)11-18-21-16-7-5-4-6-13(16)19(24)23(18)3/h4-10,15H,11H2,1-3H3/t15-/m0/s1. The predicted molar refractivity (Wildman–Crippen MR) is 98.0 cm³/mol. The van der Waals surface area contributed by atoms with Crippen LogP contribution in [0.4, 0.5) is 5.69 Å². The lowest BCUT2D eigenvalue weighted by Gasteiger charge is -2.14. The lowest BCUT2D eigenvalue weighted by atomic mass is 9.95. The lowest BCUT2D eigenvalue weighted by molar-refractivity contribution is -0.119. The highest BCUT2D eigenvalue weighted by Crippen LogP contribution is 2.38. The first-order chi connectivity index (χ1) is 12.0. The van der Waals surface area contributed by atoms with Crippen molar-refractivity contribution in [3.05, 3.63) is 69.8 Å². The Balaban J connectivity index is 1.83. The molecule has 5 heteroatoms. The number of carbonyl (C=O) groups is 1. The Kier molecular flexibility index (Phi) is 3.46. The van der Waals surface area contributed by atoms with Gasteiger partial charge in [0.1, 0.15) is 5.82 Å². The number of aromatic nitrogens is 2. The molecule has 1 amide bonds. The Morgan fingerprint density at radius 2 is 1.84 bits per heavy atom. The second-order valence-corrected chi connectivity index (χ2v) is 6.63. The van der Waals surface area contributed by atoms with E-state index in [2.05, 4.69) is 11.1 Å². The molecule has 1 aliphatic heterocycles. The van der Waals surface area contributed by atoms with Gasteiger partial charge in [-0.25, -0.2) is 4.98 Å². The molecule has 1 atom stereocenters. The van der Waals surface area contributed by atoms with Gasteiger partial charge < -0.3 is 4.90 Å². The zero-order valence-corrected chi connectivity index (χ0v) is 14.5. The highest BCUT2D eigenvalue weighted by molar-refractivity contribution is 6.04. The molecule has 2 aromatic carbocycles. The van der Waals surface area contributed by atoms with E-state index in [9.17, 15) is 9.59 Å². The number of carbonyl (C=O) groups excluding carboxylic acids is 1. The molecule has 0 unspecified atom stereocenters. The maximum absolute atomic E-state index is 12.7. The third-order valence-electron chi connectivity index (χ3n) is 5.01. The van der Waals surface area contributed by atoms with Gasteiger partial charge in [-0.05, 0) is 30.7 Å². The van der Waals surface area contributed by atoms with Gasteiger partial charge in [0, 0.05) is 26.2 Å². The van der Waals surface area contributed by atoms with Gasteiger partial charge in [-0.2, -0.15) is 0 Å². The molecule has 0 aliphatic carbocycles. The van der Waals surface area contributed by atoms with Gasteiger partial charge in [-0.3, -0.25) is 14.2 Å². The Bertz CT molecular complexity index is 1070. The van der Waals surface area contributed by atoms with Gasteiger partial charge >= 0.3 is 0 Å². The van der Waals surface area contributed by atoms with Gasteiger partial charge in [-0.1, -0.05) is 29.8 Å². The minimum atomic E-state index is -0.306. The van der Waals surface area contributed by atoms with Crippen LogP contribution in [0.1, 0.15) is 22.9 Å². The summed E-state index contributed by atoms with van der Waals surface area (Å²) in [7, 11) is 3.51. The summed E-state index contributed by atoms with van der Waals surface area (Å²) in [5.74, 6) is 0.368. The SMILES string of the molecule is Cc1ccc2c(c1)[C@H](Cc1nc3ccccc3c(=O)n1C)C(=O)N2C. The molecule has 0 radical (unpaired) electrons. The van der Waals surface area contributed by atoms with Crippen molar-refractivity contribution >= 4 is 22.5 Å². The highest BCUT2D eigenvalue weighted by atomic mass is 16.2. The van der Waals surface area contributed by atoms with Gasteiger partial charge in [0.2, 0.25) is 5.91 Å². The molecule has 0 saturated carbocycles. The lowest BCUT2D eigenvalue weighted by Crippen LogP contribution is -2.28. The molecule has 2 heterocycles. The summed E-state index contributed by atoms with van der Waals surface area (Å²) in [6, 6.07) is 13.4. The molecule has 126 valence electrons. The van der Waals surface area contributed by atoms with Crippen LogP contribution in [0.25, 0.3) is 10.9 Å². The zero-order valence-electron chi connectivity index (χ0n) is 14.5. The number of rotatable bonds is 2. The molecule has 0 bridgehead atoms. The number of anilines is 1. The van der Waals surface area contributed by atoms with Crippen LogP contribution in [0.5, 0.6) is 0 Å². The Morgan fingerprint density at radius 1 is 1.08 bits per heavy atom. The van der Waals surface area contributed by atoms with Gasteiger partial charge in [-0.15, -0.1) is 0 Å². The number of hydrogen-bond donors (Lipinski definition) is 0. The first-order valence-electron chi connectivity index (χ1n) is 8.30. The van der Waals surface area contributed by atoms with Crippen LogP contribution in [0.3, 0.4) is 0 Å². The van der Waals surface area contributed by atoms with Crippen molar-refractivity contribution in [1.82, 2.24) is 9.55 Å². The molecule has 5 nitrogen and oxygen atoms in total. The summed E-state index contributed by atoms with van der Waals surface area (Å²) in [6.45, 7) is 2.02. The minimum Gasteiger partial charge on any atom is -0.315 e. The van der Waals surface area contributed by atoms with Crippen LogP contribution in [-0.2, 0) is 18.3 Å². The fourth-order valence-electron chi connectivity index (χ4n) is 3.57. The molecule has 0 N–H and O–H groups in total. The summed E-state index contributed by atoms with van der Waals surface area (Å²) >= 11 is 0.